The Labute approximate surface area is 192 Å². The molecule has 1 aromatic heterocycles. The Balaban J connectivity index is 1.42. The number of carbonyl (C=O) groups excluding carboxylic acids is 2. The summed E-state index contributed by atoms with van der Waals surface area (Å²) in [6, 6.07) is 7.57. The zero-order valence-corrected chi connectivity index (χ0v) is 19.3. The molecule has 1 fully saturated rings. The van der Waals surface area contributed by atoms with E-state index in [0.29, 0.717) is 36.0 Å². The van der Waals surface area contributed by atoms with Crippen molar-refractivity contribution in [3.63, 3.8) is 0 Å². The van der Waals surface area contributed by atoms with Gasteiger partial charge in [0.1, 0.15) is 18.9 Å². The third-order valence-corrected chi connectivity index (χ3v) is 7.37. The maximum absolute atomic E-state index is 13.1. The Morgan fingerprint density at radius 2 is 1.73 bits per heavy atom. The van der Waals surface area contributed by atoms with Crippen molar-refractivity contribution < 1.29 is 32.2 Å². The summed E-state index contributed by atoms with van der Waals surface area (Å²) in [5, 5.41) is 0. The Kier molecular flexibility index (Phi) is 6.52. The molecule has 0 N–H and O–H groups in total. The first-order valence-corrected chi connectivity index (χ1v) is 12.1. The van der Waals surface area contributed by atoms with Crippen LogP contribution in [-0.4, -0.2) is 80.5 Å². The second kappa shape index (κ2) is 9.36. The van der Waals surface area contributed by atoms with Crippen molar-refractivity contribution in [3.8, 4) is 11.5 Å². The van der Waals surface area contributed by atoms with E-state index in [1.165, 1.54) is 28.6 Å². The standard InChI is InChI=1S/C22H25N3O7S/c1-3-30-22(27)17-5-6-18(23-15(17)2)21(26)24-8-10-25(11-9-24)33(28,29)16-4-7-19-20(14-16)32-13-12-31-19/h4-7,14H,3,8-13H2,1-2H3. The summed E-state index contributed by atoms with van der Waals surface area (Å²) in [6.07, 6.45) is 0. The van der Waals surface area contributed by atoms with Crippen LogP contribution in [0.5, 0.6) is 11.5 Å². The monoisotopic (exact) mass is 475 g/mol. The third-order valence-electron chi connectivity index (χ3n) is 5.48. The molecule has 176 valence electrons. The number of hydrogen-bond donors (Lipinski definition) is 0. The minimum atomic E-state index is -3.74. The molecule has 2 aromatic rings. The second-order valence-corrected chi connectivity index (χ2v) is 9.49. The first-order chi connectivity index (χ1) is 15.8. The highest BCUT2D eigenvalue weighted by atomic mass is 32.2. The predicted molar refractivity (Wildman–Crippen MR) is 117 cm³/mol. The van der Waals surface area contributed by atoms with Crippen molar-refractivity contribution in [1.82, 2.24) is 14.2 Å². The first kappa shape index (κ1) is 23.0. The van der Waals surface area contributed by atoms with Crippen LogP contribution in [-0.2, 0) is 14.8 Å². The van der Waals surface area contributed by atoms with Gasteiger partial charge < -0.3 is 19.1 Å². The molecule has 3 heterocycles. The van der Waals surface area contributed by atoms with Crippen LogP contribution in [0.15, 0.2) is 35.2 Å². The van der Waals surface area contributed by atoms with E-state index < -0.39 is 16.0 Å². The fraction of sp³-hybridized carbons (Fsp3) is 0.409. The van der Waals surface area contributed by atoms with Crippen molar-refractivity contribution in [3.05, 3.63) is 47.3 Å². The smallest absolute Gasteiger partial charge is 0.339 e. The molecule has 1 aromatic carbocycles. The molecule has 0 spiro atoms. The van der Waals surface area contributed by atoms with Gasteiger partial charge in [0.2, 0.25) is 10.0 Å². The third kappa shape index (κ3) is 4.64. The van der Waals surface area contributed by atoms with Crippen molar-refractivity contribution in [2.45, 2.75) is 18.7 Å². The lowest BCUT2D eigenvalue weighted by atomic mass is 10.1. The van der Waals surface area contributed by atoms with E-state index >= 15 is 0 Å². The maximum atomic E-state index is 13.1. The van der Waals surface area contributed by atoms with E-state index in [0.717, 1.165) is 0 Å². The van der Waals surface area contributed by atoms with Gasteiger partial charge in [-0.05, 0) is 38.1 Å². The normalized spacial score (nSPS) is 16.4. The number of aromatic nitrogens is 1. The van der Waals surface area contributed by atoms with Crippen LogP contribution in [0.3, 0.4) is 0 Å². The van der Waals surface area contributed by atoms with Crippen LogP contribution in [0.1, 0.15) is 33.5 Å². The lowest BCUT2D eigenvalue weighted by Crippen LogP contribution is -2.50. The molecule has 33 heavy (non-hydrogen) atoms. The summed E-state index contributed by atoms with van der Waals surface area (Å²) in [4.78, 5) is 30.8. The molecular formula is C22H25N3O7S. The molecule has 0 radical (unpaired) electrons. The summed E-state index contributed by atoms with van der Waals surface area (Å²) in [6.45, 7) is 5.16. The zero-order valence-electron chi connectivity index (χ0n) is 18.4. The Bertz CT molecular complexity index is 1170. The number of piperazine rings is 1. The van der Waals surface area contributed by atoms with Gasteiger partial charge >= 0.3 is 5.97 Å². The minimum absolute atomic E-state index is 0.123. The molecular weight excluding hydrogens is 450 g/mol. The summed E-state index contributed by atoms with van der Waals surface area (Å²) in [5.74, 6) is 0.126. The van der Waals surface area contributed by atoms with Gasteiger partial charge in [0.25, 0.3) is 5.91 Å². The second-order valence-electron chi connectivity index (χ2n) is 7.55. The topological polar surface area (TPSA) is 115 Å². The number of sulfonamides is 1. The fourth-order valence-electron chi connectivity index (χ4n) is 3.73. The van der Waals surface area contributed by atoms with Crippen molar-refractivity contribution in [1.29, 1.82) is 0 Å². The molecule has 1 amide bonds. The summed E-state index contributed by atoms with van der Waals surface area (Å²) in [7, 11) is -3.74. The summed E-state index contributed by atoms with van der Waals surface area (Å²) >= 11 is 0. The van der Waals surface area contributed by atoms with E-state index in [-0.39, 0.29) is 49.3 Å². The lowest BCUT2D eigenvalue weighted by molar-refractivity contribution is 0.0523. The van der Waals surface area contributed by atoms with Crippen LogP contribution < -0.4 is 9.47 Å². The molecule has 0 aliphatic carbocycles. The SMILES string of the molecule is CCOC(=O)c1ccc(C(=O)N2CCN(S(=O)(=O)c3ccc4c(c3)OCCO4)CC2)nc1C. The molecule has 2 aliphatic rings. The number of pyridine rings is 1. The van der Waals surface area contributed by atoms with Gasteiger partial charge in [-0.3, -0.25) is 4.79 Å². The van der Waals surface area contributed by atoms with Crippen molar-refractivity contribution >= 4 is 21.9 Å². The van der Waals surface area contributed by atoms with Gasteiger partial charge in [-0.1, -0.05) is 0 Å². The lowest BCUT2D eigenvalue weighted by Gasteiger charge is -2.34. The average molecular weight is 476 g/mol. The van der Waals surface area contributed by atoms with Crippen molar-refractivity contribution in [2.75, 3.05) is 46.0 Å². The Morgan fingerprint density at radius 1 is 1.03 bits per heavy atom. The number of ether oxygens (including phenoxy) is 3. The molecule has 0 unspecified atom stereocenters. The van der Waals surface area contributed by atoms with Gasteiger partial charge in [-0.25, -0.2) is 18.2 Å². The number of nitrogens with zero attached hydrogens (tertiary/aromatic N) is 3. The minimum Gasteiger partial charge on any atom is -0.486 e. The quantitative estimate of drug-likeness (QED) is 0.598. The Morgan fingerprint density at radius 3 is 2.39 bits per heavy atom. The highest BCUT2D eigenvalue weighted by Gasteiger charge is 2.32. The molecule has 1 saturated heterocycles. The summed E-state index contributed by atoms with van der Waals surface area (Å²) < 4.78 is 43.5. The number of esters is 1. The number of fused-ring (bicyclic) bond motifs is 1. The highest BCUT2D eigenvalue weighted by molar-refractivity contribution is 7.89. The number of carbonyl (C=O) groups is 2. The molecule has 10 nitrogen and oxygen atoms in total. The zero-order chi connectivity index (χ0) is 23.6. The van der Waals surface area contributed by atoms with Crippen molar-refractivity contribution in [2.24, 2.45) is 0 Å². The molecule has 4 rings (SSSR count). The summed E-state index contributed by atoms with van der Waals surface area (Å²) in [5.41, 5.74) is 0.909. The molecule has 0 bridgehead atoms. The maximum Gasteiger partial charge on any atom is 0.339 e. The van der Waals surface area contributed by atoms with E-state index in [9.17, 15) is 18.0 Å². The number of rotatable bonds is 5. The van der Waals surface area contributed by atoms with Gasteiger partial charge in [0.15, 0.2) is 11.5 Å². The largest absolute Gasteiger partial charge is 0.486 e. The van der Waals surface area contributed by atoms with Crippen LogP contribution in [0, 0.1) is 6.92 Å². The van der Waals surface area contributed by atoms with Gasteiger partial charge in [-0.15, -0.1) is 0 Å². The number of amides is 1. The number of aryl methyl sites for hydroxylation is 1. The predicted octanol–water partition coefficient (Wildman–Crippen LogP) is 1.48. The molecule has 2 aliphatic heterocycles. The Hall–Kier alpha value is -3.18. The van der Waals surface area contributed by atoms with Gasteiger partial charge in [0.05, 0.1) is 22.8 Å². The molecule has 11 heteroatoms. The van der Waals surface area contributed by atoms with E-state index in [4.69, 9.17) is 14.2 Å². The van der Waals surface area contributed by atoms with Crippen LogP contribution in [0.2, 0.25) is 0 Å². The van der Waals surface area contributed by atoms with Gasteiger partial charge in [0, 0.05) is 32.2 Å². The molecule has 0 atom stereocenters. The van der Waals surface area contributed by atoms with Crippen LogP contribution in [0.25, 0.3) is 0 Å². The number of benzene rings is 1. The van der Waals surface area contributed by atoms with Crippen LogP contribution in [0.4, 0.5) is 0 Å². The highest BCUT2D eigenvalue weighted by Crippen LogP contribution is 2.33. The molecule has 0 saturated carbocycles. The first-order valence-electron chi connectivity index (χ1n) is 10.6. The van der Waals surface area contributed by atoms with E-state index in [1.807, 2.05) is 0 Å². The van der Waals surface area contributed by atoms with Crippen LogP contribution >= 0.6 is 0 Å². The van der Waals surface area contributed by atoms with E-state index in [2.05, 4.69) is 4.98 Å². The van der Waals surface area contributed by atoms with Gasteiger partial charge in [-0.2, -0.15) is 4.31 Å². The average Bonchev–Trinajstić information content (AvgIpc) is 2.83. The van der Waals surface area contributed by atoms with E-state index in [1.54, 1.807) is 24.8 Å². The fourth-order valence-corrected chi connectivity index (χ4v) is 5.17. The number of hydrogen-bond acceptors (Lipinski definition) is 8.